The van der Waals surface area contributed by atoms with Crippen LogP contribution in [0.4, 0.5) is 37.0 Å². The van der Waals surface area contributed by atoms with Crippen molar-refractivity contribution in [2.45, 2.75) is 25.0 Å². The highest BCUT2D eigenvalue weighted by Crippen LogP contribution is 2.44. The molecule has 2 aromatic carbocycles. The van der Waals surface area contributed by atoms with Crippen LogP contribution in [0.5, 0.6) is 5.75 Å². The molecule has 1 aromatic heterocycles. The van der Waals surface area contributed by atoms with Crippen molar-refractivity contribution in [2.24, 2.45) is 0 Å². The normalized spacial score (nSPS) is 12.3. The molecule has 0 fully saturated rings. The van der Waals surface area contributed by atoms with Gasteiger partial charge >= 0.3 is 24.1 Å². The van der Waals surface area contributed by atoms with E-state index in [1.54, 1.807) is 30.3 Å². The topological polar surface area (TPSA) is 68.2 Å². The third kappa shape index (κ3) is 4.63. The summed E-state index contributed by atoms with van der Waals surface area (Å²) in [7, 11) is 0. The zero-order valence-corrected chi connectivity index (χ0v) is 16.3. The zero-order chi connectivity index (χ0) is 23.6. The number of nitrogens with one attached hydrogen (secondary N) is 2. The lowest BCUT2D eigenvalue weighted by molar-refractivity contribution is -0.364. The standard InChI is InChI=1S/C20H16F6N4O2/c1-13-12-16(30(29-13)14-8-4-2-5-9-14)27-17(31)28-18(19(21,22)23,20(24,25)26)32-15-10-6-3-7-11-15/h2-12H,1H3,(H2,27,28,31). The molecule has 12 heteroatoms. The van der Waals surface area contributed by atoms with E-state index in [9.17, 15) is 31.1 Å². The second-order valence-corrected chi connectivity index (χ2v) is 6.59. The Bertz CT molecular complexity index is 1050. The van der Waals surface area contributed by atoms with E-state index < -0.39 is 29.9 Å². The number of alkyl halides is 6. The molecule has 3 aromatic rings. The molecule has 32 heavy (non-hydrogen) atoms. The number of rotatable bonds is 5. The minimum atomic E-state index is -6.05. The fraction of sp³-hybridized carbons (Fsp3) is 0.200. The Morgan fingerprint density at radius 3 is 1.97 bits per heavy atom. The van der Waals surface area contributed by atoms with Gasteiger partial charge in [-0.05, 0) is 31.2 Å². The monoisotopic (exact) mass is 458 g/mol. The first-order valence-corrected chi connectivity index (χ1v) is 9.02. The zero-order valence-electron chi connectivity index (χ0n) is 16.3. The van der Waals surface area contributed by atoms with Crippen molar-refractivity contribution >= 4 is 11.8 Å². The first kappa shape index (κ1) is 23.0. The van der Waals surface area contributed by atoms with Crippen LogP contribution in [0.3, 0.4) is 0 Å². The third-order valence-electron chi connectivity index (χ3n) is 4.18. The number of halogens is 6. The summed E-state index contributed by atoms with van der Waals surface area (Å²) in [5, 5.41) is 7.01. The van der Waals surface area contributed by atoms with Crippen LogP contribution in [-0.2, 0) is 0 Å². The summed E-state index contributed by atoms with van der Waals surface area (Å²) in [5.41, 5.74) is -4.21. The number of ether oxygens (including phenoxy) is 1. The average Bonchev–Trinajstić information content (AvgIpc) is 3.07. The van der Waals surface area contributed by atoms with Crippen LogP contribution < -0.4 is 15.4 Å². The van der Waals surface area contributed by atoms with E-state index in [0.717, 1.165) is 22.1 Å². The summed E-state index contributed by atoms with van der Waals surface area (Å²) in [6.45, 7) is 1.54. The van der Waals surface area contributed by atoms with Crippen LogP contribution in [0.25, 0.3) is 5.69 Å². The average molecular weight is 458 g/mol. The lowest BCUT2D eigenvalue weighted by Crippen LogP contribution is -2.71. The van der Waals surface area contributed by atoms with Gasteiger partial charge in [-0.2, -0.15) is 31.4 Å². The molecule has 3 rings (SSSR count). The number of aryl methyl sites for hydroxylation is 1. The molecule has 0 aliphatic carbocycles. The van der Waals surface area contributed by atoms with E-state index in [0.29, 0.717) is 11.4 Å². The molecule has 0 bridgehead atoms. The number of carbonyl (C=O) groups excluding carboxylic acids is 1. The Kier molecular flexibility index (Phi) is 6.06. The van der Waals surface area contributed by atoms with Crippen LogP contribution >= 0.6 is 0 Å². The number of hydrogen-bond acceptors (Lipinski definition) is 3. The van der Waals surface area contributed by atoms with E-state index in [2.05, 4.69) is 9.84 Å². The largest absolute Gasteiger partial charge is 0.458 e. The molecule has 0 spiro atoms. The predicted molar refractivity (Wildman–Crippen MR) is 102 cm³/mol. The fourth-order valence-corrected chi connectivity index (χ4v) is 2.77. The molecular weight excluding hydrogens is 442 g/mol. The Labute approximate surface area is 177 Å². The number of urea groups is 1. The highest BCUT2D eigenvalue weighted by Gasteiger charge is 2.75. The van der Waals surface area contributed by atoms with E-state index >= 15 is 0 Å². The first-order chi connectivity index (χ1) is 14.9. The van der Waals surface area contributed by atoms with Crippen molar-refractivity contribution in [1.29, 1.82) is 0 Å². The summed E-state index contributed by atoms with van der Waals surface area (Å²) in [6.07, 6.45) is -12.1. The summed E-state index contributed by atoms with van der Waals surface area (Å²) in [5.74, 6) is -0.892. The minimum absolute atomic E-state index is 0.149. The molecule has 1 heterocycles. The number of anilines is 1. The van der Waals surface area contributed by atoms with Crippen molar-refractivity contribution in [3.8, 4) is 11.4 Å². The maximum Gasteiger partial charge on any atom is 0.458 e. The fourth-order valence-electron chi connectivity index (χ4n) is 2.77. The van der Waals surface area contributed by atoms with Crippen molar-refractivity contribution in [2.75, 3.05) is 5.32 Å². The molecule has 0 unspecified atom stereocenters. The second-order valence-electron chi connectivity index (χ2n) is 6.59. The molecule has 0 atom stereocenters. The summed E-state index contributed by atoms with van der Waals surface area (Å²) in [4.78, 5) is 12.4. The van der Waals surface area contributed by atoms with Gasteiger partial charge in [0.05, 0.1) is 11.4 Å². The van der Waals surface area contributed by atoms with Gasteiger partial charge in [0, 0.05) is 6.07 Å². The van der Waals surface area contributed by atoms with Gasteiger partial charge in [-0.1, -0.05) is 36.4 Å². The number of para-hydroxylation sites is 2. The Morgan fingerprint density at radius 2 is 1.44 bits per heavy atom. The van der Waals surface area contributed by atoms with Gasteiger partial charge < -0.3 is 4.74 Å². The molecule has 0 aliphatic rings. The number of benzene rings is 2. The molecule has 0 radical (unpaired) electrons. The van der Waals surface area contributed by atoms with Crippen molar-refractivity contribution in [3.63, 3.8) is 0 Å². The van der Waals surface area contributed by atoms with Gasteiger partial charge in [-0.3, -0.25) is 10.6 Å². The molecule has 6 nitrogen and oxygen atoms in total. The van der Waals surface area contributed by atoms with Crippen molar-refractivity contribution < 1.29 is 35.9 Å². The van der Waals surface area contributed by atoms with Crippen LogP contribution in [-0.4, -0.2) is 33.9 Å². The van der Waals surface area contributed by atoms with Gasteiger partial charge in [-0.15, -0.1) is 0 Å². The summed E-state index contributed by atoms with van der Waals surface area (Å²) in [6, 6.07) is 13.2. The van der Waals surface area contributed by atoms with Crippen LogP contribution in [0.2, 0.25) is 0 Å². The molecule has 0 saturated carbocycles. The Hall–Kier alpha value is -3.70. The third-order valence-corrected chi connectivity index (χ3v) is 4.18. The van der Waals surface area contributed by atoms with E-state index in [1.807, 2.05) is 5.32 Å². The Balaban J connectivity index is 1.95. The molecular formula is C20H16F6N4O2. The van der Waals surface area contributed by atoms with E-state index in [1.165, 1.54) is 31.2 Å². The number of carbonyl (C=O) groups is 1. The van der Waals surface area contributed by atoms with Gasteiger partial charge in [0.25, 0.3) is 0 Å². The van der Waals surface area contributed by atoms with Crippen molar-refractivity contribution in [1.82, 2.24) is 15.1 Å². The number of nitrogens with zero attached hydrogens (tertiary/aromatic N) is 2. The highest BCUT2D eigenvalue weighted by atomic mass is 19.4. The predicted octanol–water partition coefficient (Wildman–Crippen LogP) is 5.20. The first-order valence-electron chi connectivity index (χ1n) is 9.02. The molecule has 0 aliphatic heterocycles. The van der Waals surface area contributed by atoms with Gasteiger partial charge in [0.2, 0.25) is 0 Å². The van der Waals surface area contributed by atoms with Crippen LogP contribution in [0, 0.1) is 6.92 Å². The quantitative estimate of drug-likeness (QED) is 0.408. The van der Waals surface area contributed by atoms with E-state index in [4.69, 9.17) is 0 Å². The van der Waals surface area contributed by atoms with E-state index in [-0.39, 0.29) is 5.82 Å². The molecule has 2 N–H and O–H groups in total. The number of amides is 2. The molecule has 170 valence electrons. The minimum Gasteiger partial charge on any atom is -0.451 e. The molecule has 0 saturated heterocycles. The van der Waals surface area contributed by atoms with Crippen molar-refractivity contribution in [3.05, 3.63) is 72.4 Å². The van der Waals surface area contributed by atoms with Gasteiger partial charge in [-0.25, -0.2) is 9.48 Å². The summed E-state index contributed by atoms with van der Waals surface area (Å²) >= 11 is 0. The second kappa shape index (κ2) is 8.44. The lowest BCUT2D eigenvalue weighted by atomic mass is 10.2. The molecule has 2 amide bonds. The van der Waals surface area contributed by atoms with Crippen LogP contribution in [0.1, 0.15) is 5.69 Å². The highest BCUT2D eigenvalue weighted by molar-refractivity contribution is 5.89. The van der Waals surface area contributed by atoms with Crippen LogP contribution in [0.15, 0.2) is 66.7 Å². The maximum absolute atomic E-state index is 13.7. The Morgan fingerprint density at radius 1 is 0.906 bits per heavy atom. The lowest BCUT2D eigenvalue weighted by Gasteiger charge is -2.37. The number of aromatic nitrogens is 2. The smallest absolute Gasteiger partial charge is 0.451 e. The SMILES string of the molecule is Cc1cc(NC(=O)NC(Oc2ccccc2)(C(F)(F)F)C(F)(F)F)n(-c2ccccc2)n1. The summed E-state index contributed by atoms with van der Waals surface area (Å²) < 4.78 is 87.7. The van der Waals surface area contributed by atoms with Gasteiger partial charge in [0.1, 0.15) is 11.6 Å². The number of hydrogen-bond donors (Lipinski definition) is 2. The maximum atomic E-state index is 13.7. The van der Waals surface area contributed by atoms with Gasteiger partial charge in [0.15, 0.2) is 0 Å².